The van der Waals surface area contributed by atoms with Gasteiger partial charge in [0.05, 0.1) is 12.8 Å². The smallest absolute Gasteiger partial charge is 0.332 e. The van der Waals surface area contributed by atoms with Crippen LogP contribution in [0.1, 0.15) is 26.3 Å². The standard InChI is InChI=1S/C23H23N3O4/c1-23(2,3)18-11-15(26-8-7-19(27)25-22(26)29)10-17(20(18)30-4)13-5-6-16-14(9-13)12-24-21(16)28/h5-12,24,28H,1-4H3,(H,25,27,29). The molecule has 7 nitrogen and oxygen atoms in total. The van der Waals surface area contributed by atoms with Gasteiger partial charge in [-0.2, -0.15) is 0 Å². The molecule has 3 N–H and O–H groups in total. The van der Waals surface area contributed by atoms with E-state index < -0.39 is 11.2 Å². The van der Waals surface area contributed by atoms with Gasteiger partial charge in [0.25, 0.3) is 5.56 Å². The van der Waals surface area contributed by atoms with Crippen molar-refractivity contribution in [3.05, 3.63) is 75.2 Å². The number of nitrogens with zero attached hydrogens (tertiary/aromatic N) is 1. The van der Waals surface area contributed by atoms with Crippen LogP contribution >= 0.6 is 0 Å². The van der Waals surface area contributed by atoms with Crippen molar-refractivity contribution >= 4 is 10.8 Å². The van der Waals surface area contributed by atoms with Crippen LogP contribution in [0.15, 0.2) is 58.4 Å². The number of aromatic nitrogens is 3. The topological polar surface area (TPSA) is 100 Å². The van der Waals surface area contributed by atoms with Gasteiger partial charge in [-0.3, -0.25) is 14.3 Å². The lowest BCUT2D eigenvalue weighted by molar-refractivity contribution is 0.399. The van der Waals surface area contributed by atoms with E-state index in [4.69, 9.17) is 4.74 Å². The largest absolute Gasteiger partial charge is 0.496 e. The minimum atomic E-state index is -0.510. The second kappa shape index (κ2) is 6.95. The quantitative estimate of drug-likeness (QED) is 0.484. The highest BCUT2D eigenvalue weighted by Crippen LogP contribution is 2.42. The first-order chi connectivity index (χ1) is 14.2. The molecule has 0 amide bonds. The van der Waals surface area contributed by atoms with Gasteiger partial charge in [0.1, 0.15) is 5.75 Å². The summed E-state index contributed by atoms with van der Waals surface area (Å²) in [6.45, 7) is 6.21. The van der Waals surface area contributed by atoms with Gasteiger partial charge in [-0.15, -0.1) is 0 Å². The first kappa shape index (κ1) is 19.6. The molecule has 0 radical (unpaired) electrons. The highest BCUT2D eigenvalue weighted by molar-refractivity contribution is 5.92. The monoisotopic (exact) mass is 405 g/mol. The number of hydrogen-bond acceptors (Lipinski definition) is 4. The van der Waals surface area contributed by atoms with E-state index in [0.717, 1.165) is 27.5 Å². The van der Waals surface area contributed by atoms with E-state index in [2.05, 4.69) is 30.7 Å². The molecular formula is C23H23N3O4. The molecule has 0 aliphatic rings. The number of nitrogens with one attached hydrogen (secondary N) is 2. The summed E-state index contributed by atoms with van der Waals surface area (Å²) in [5.74, 6) is 0.829. The summed E-state index contributed by atoms with van der Waals surface area (Å²) >= 11 is 0. The zero-order valence-corrected chi connectivity index (χ0v) is 17.2. The average molecular weight is 405 g/mol. The van der Waals surface area contributed by atoms with Crippen LogP contribution in [0.3, 0.4) is 0 Å². The van der Waals surface area contributed by atoms with Crippen LogP contribution in [0.5, 0.6) is 11.6 Å². The zero-order valence-electron chi connectivity index (χ0n) is 17.2. The second-order valence-corrected chi connectivity index (χ2v) is 8.24. The summed E-state index contributed by atoms with van der Waals surface area (Å²) in [4.78, 5) is 29.0. The molecule has 0 atom stereocenters. The highest BCUT2D eigenvalue weighted by atomic mass is 16.5. The summed E-state index contributed by atoms with van der Waals surface area (Å²) in [7, 11) is 1.63. The van der Waals surface area contributed by atoms with Gasteiger partial charge in [0, 0.05) is 40.4 Å². The predicted octanol–water partition coefficient (Wildman–Crippen LogP) is 3.69. The van der Waals surface area contributed by atoms with Crippen molar-refractivity contribution in [2.75, 3.05) is 7.11 Å². The van der Waals surface area contributed by atoms with Gasteiger partial charge >= 0.3 is 5.69 Å². The summed E-state index contributed by atoms with van der Waals surface area (Å²) in [5.41, 5.74) is 2.01. The van der Waals surface area contributed by atoms with Crippen LogP contribution in [-0.4, -0.2) is 26.8 Å². The number of H-pyrrole nitrogens is 2. The molecule has 2 aromatic heterocycles. The molecule has 30 heavy (non-hydrogen) atoms. The number of methoxy groups -OCH3 is 1. The van der Waals surface area contributed by atoms with Gasteiger partial charge in [0.15, 0.2) is 5.88 Å². The van der Waals surface area contributed by atoms with E-state index in [1.54, 1.807) is 13.3 Å². The van der Waals surface area contributed by atoms with Gasteiger partial charge in [0.2, 0.25) is 0 Å². The fourth-order valence-corrected chi connectivity index (χ4v) is 3.65. The maximum absolute atomic E-state index is 12.4. The fraction of sp³-hybridized carbons (Fsp3) is 0.217. The van der Waals surface area contributed by atoms with Crippen LogP contribution in [0, 0.1) is 0 Å². The van der Waals surface area contributed by atoms with E-state index in [9.17, 15) is 14.7 Å². The van der Waals surface area contributed by atoms with Crippen molar-refractivity contribution < 1.29 is 9.84 Å². The summed E-state index contributed by atoms with van der Waals surface area (Å²) in [6.07, 6.45) is 3.20. The second-order valence-electron chi connectivity index (χ2n) is 8.24. The maximum atomic E-state index is 12.4. The molecular weight excluding hydrogens is 382 g/mol. The highest BCUT2D eigenvalue weighted by Gasteiger charge is 2.24. The Labute approximate surface area is 172 Å². The Balaban J connectivity index is 2.04. The predicted molar refractivity (Wildman–Crippen MR) is 117 cm³/mol. The summed E-state index contributed by atoms with van der Waals surface area (Å²) in [5, 5.41) is 11.5. The molecule has 0 unspecified atom stereocenters. The van der Waals surface area contributed by atoms with E-state index in [0.29, 0.717) is 11.4 Å². The summed E-state index contributed by atoms with van der Waals surface area (Å²) in [6, 6.07) is 10.8. The number of aromatic hydroxyl groups is 1. The van der Waals surface area contributed by atoms with Gasteiger partial charge in [-0.1, -0.05) is 26.8 Å². The van der Waals surface area contributed by atoms with Crippen LogP contribution in [-0.2, 0) is 5.41 Å². The number of fused-ring (bicyclic) bond motifs is 1. The van der Waals surface area contributed by atoms with E-state index in [1.165, 1.54) is 16.8 Å². The van der Waals surface area contributed by atoms with Crippen molar-refractivity contribution in [1.82, 2.24) is 14.5 Å². The Kier molecular flexibility index (Phi) is 4.53. The zero-order chi connectivity index (χ0) is 21.6. The Morgan fingerprint density at radius 1 is 1.07 bits per heavy atom. The van der Waals surface area contributed by atoms with Crippen LogP contribution < -0.4 is 16.0 Å². The number of aromatic amines is 2. The van der Waals surface area contributed by atoms with Crippen molar-refractivity contribution in [3.63, 3.8) is 0 Å². The molecule has 4 rings (SSSR count). The Hall–Kier alpha value is -3.74. The molecule has 0 fully saturated rings. The molecule has 2 aromatic carbocycles. The lowest BCUT2D eigenvalue weighted by atomic mass is 9.83. The molecule has 4 aromatic rings. The maximum Gasteiger partial charge on any atom is 0.332 e. The molecule has 2 heterocycles. The fourth-order valence-electron chi connectivity index (χ4n) is 3.65. The van der Waals surface area contributed by atoms with Crippen molar-refractivity contribution in [2.24, 2.45) is 0 Å². The molecule has 0 aliphatic heterocycles. The number of rotatable bonds is 3. The normalized spacial score (nSPS) is 11.7. The van der Waals surface area contributed by atoms with Gasteiger partial charge in [-0.05, 0) is 35.2 Å². The Morgan fingerprint density at radius 2 is 1.83 bits per heavy atom. The van der Waals surface area contributed by atoms with E-state index in [1.807, 2.05) is 30.3 Å². The van der Waals surface area contributed by atoms with Crippen molar-refractivity contribution in [3.8, 4) is 28.4 Å². The van der Waals surface area contributed by atoms with Crippen LogP contribution in [0.25, 0.3) is 27.6 Å². The number of benzene rings is 2. The first-order valence-electron chi connectivity index (χ1n) is 9.54. The van der Waals surface area contributed by atoms with E-state index in [-0.39, 0.29) is 11.3 Å². The molecule has 0 saturated heterocycles. The molecule has 0 saturated carbocycles. The number of hydrogen-bond donors (Lipinski definition) is 3. The molecule has 0 aliphatic carbocycles. The lowest BCUT2D eigenvalue weighted by Crippen LogP contribution is -2.27. The minimum absolute atomic E-state index is 0.118. The Bertz CT molecular complexity index is 1370. The molecule has 0 spiro atoms. The third kappa shape index (κ3) is 3.28. The van der Waals surface area contributed by atoms with Crippen LogP contribution in [0.4, 0.5) is 0 Å². The van der Waals surface area contributed by atoms with E-state index >= 15 is 0 Å². The third-order valence-electron chi connectivity index (χ3n) is 5.17. The van der Waals surface area contributed by atoms with Gasteiger partial charge in [-0.25, -0.2) is 4.79 Å². The first-order valence-corrected chi connectivity index (χ1v) is 9.54. The molecule has 154 valence electrons. The van der Waals surface area contributed by atoms with Gasteiger partial charge < -0.3 is 14.8 Å². The summed E-state index contributed by atoms with van der Waals surface area (Å²) < 4.78 is 7.22. The minimum Gasteiger partial charge on any atom is -0.496 e. The number of ether oxygens (including phenoxy) is 1. The molecule has 7 heteroatoms. The van der Waals surface area contributed by atoms with Crippen molar-refractivity contribution in [2.45, 2.75) is 26.2 Å². The lowest BCUT2D eigenvalue weighted by Gasteiger charge is -2.25. The average Bonchev–Trinajstić information content (AvgIpc) is 3.06. The SMILES string of the molecule is COc1c(-c2ccc3c(O)[nH]cc3c2)cc(-n2ccc(=O)[nH]c2=O)cc1C(C)(C)C. The Morgan fingerprint density at radius 3 is 2.50 bits per heavy atom. The third-order valence-corrected chi connectivity index (χ3v) is 5.17. The van der Waals surface area contributed by atoms with Crippen molar-refractivity contribution in [1.29, 1.82) is 0 Å². The molecule has 0 bridgehead atoms. The van der Waals surface area contributed by atoms with Crippen LogP contribution in [0.2, 0.25) is 0 Å².